The van der Waals surface area contributed by atoms with Crippen molar-refractivity contribution in [2.75, 3.05) is 7.11 Å². The van der Waals surface area contributed by atoms with Gasteiger partial charge in [-0.2, -0.15) is 0 Å². The van der Waals surface area contributed by atoms with E-state index >= 15 is 0 Å². The van der Waals surface area contributed by atoms with Crippen LogP contribution >= 0.6 is 0 Å². The highest BCUT2D eigenvalue weighted by Gasteiger charge is 2.36. The van der Waals surface area contributed by atoms with Gasteiger partial charge in [-0.25, -0.2) is 0 Å². The predicted octanol–water partition coefficient (Wildman–Crippen LogP) is 2.94. The fourth-order valence-corrected chi connectivity index (χ4v) is 2.70. The Labute approximate surface area is 112 Å². The minimum Gasteiger partial charge on any atom is -0.467 e. The number of fused-ring (bicyclic) bond motifs is 2. The molecule has 2 aromatic rings. The van der Waals surface area contributed by atoms with Crippen LogP contribution in [-0.4, -0.2) is 21.9 Å². The van der Waals surface area contributed by atoms with Gasteiger partial charge in [0, 0.05) is 6.20 Å². The lowest BCUT2D eigenvalue weighted by Gasteiger charge is -2.27. The number of methoxy groups -OCH3 is 1. The zero-order valence-electron chi connectivity index (χ0n) is 11.4. The molecule has 0 N–H and O–H groups in total. The monoisotopic (exact) mass is 255 g/mol. The minimum atomic E-state index is -0.163. The van der Waals surface area contributed by atoms with Crippen LogP contribution in [0.4, 0.5) is 0 Å². The molecule has 0 bridgehead atoms. The molecule has 1 unspecified atom stereocenters. The van der Waals surface area contributed by atoms with Crippen LogP contribution in [0.1, 0.15) is 37.2 Å². The standard InChI is InChI=1S/C15H17N3O/c1-4-15(2)12-8-6-5-7-11(12)9-10-18-13(15)16-17-14(18)19-3/h5-10H,4H2,1-3H3. The van der Waals surface area contributed by atoms with Crippen molar-refractivity contribution >= 4 is 12.3 Å². The lowest BCUT2D eigenvalue weighted by Crippen LogP contribution is -2.26. The maximum Gasteiger partial charge on any atom is 0.320 e. The molecule has 0 spiro atoms. The van der Waals surface area contributed by atoms with Gasteiger partial charge in [0.2, 0.25) is 0 Å². The zero-order valence-corrected chi connectivity index (χ0v) is 11.4. The molecule has 19 heavy (non-hydrogen) atoms. The van der Waals surface area contributed by atoms with E-state index in [0.29, 0.717) is 6.01 Å². The van der Waals surface area contributed by atoms with Gasteiger partial charge in [-0.15, -0.1) is 5.10 Å². The van der Waals surface area contributed by atoms with Crippen molar-refractivity contribution in [1.82, 2.24) is 14.8 Å². The molecule has 4 nitrogen and oxygen atoms in total. The summed E-state index contributed by atoms with van der Waals surface area (Å²) in [6.07, 6.45) is 5.02. The number of nitrogens with zero attached hydrogens (tertiary/aromatic N) is 3. The second-order valence-corrected chi connectivity index (χ2v) is 4.97. The van der Waals surface area contributed by atoms with Crippen molar-refractivity contribution in [1.29, 1.82) is 0 Å². The van der Waals surface area contributed by atoms with E-state index in [9.17, 15) is 0 Å². The summed E-state index contributed by atoms with van der Waals surface area (Å²) < 4.78 is 7.22. The summed E-state index contributed by atoms with van der Waals surface area (Å²) >= 11 is 0. The third kappa shape index (κ3) is 1.59. The van der Waals surface area contributed by atoms with Crippen LogP contribution in [0.15, 0.2) is 24.3 Å². The van der Waals surface area contributed by atoms with Crippen LogP contribution in [0.5, 0.6) is 6.01 Å². The Morgan fingerprint density at radius 1 is 1.26 bits per heavy atom. The van der Waals surface area contributed by atoms with Crippen LogP contribution < -0.4 is 4.74 Å². The molecule has 98 valence electrons. The molecular weight excluding hydrogens is 238 g/mol. The molecule has 0 saturated carbocycles. The molecule has 0 fully saturated rings. The van der Waals surface area contributed by atoms with Crippen molar-refractivity contribution < 1.29 is 4.74 Å². The van der Waals surface area contributed by atoms with Crippen molar-refractivity contribution in [2.45, 2.75) is 25.7 Å². The van der Waals surface area contributed by atoms with Crippen LogP contribution in [0.3, 0.4) is 0 Å². The normalized spacial score (nSPS) is 20.6. The molecule has 3 rings (SSSR count). The number of aromatic nitrogens is 3. The van der Waals surface area contributed by atoms with E-state index in [-0.39, 0.29) is 5.41 Å². The molecule has 0 radical (unpaired) electrons. The third-order valence-electron chi connectivity index (χ3n) is 4.01. The number of hydrogen-bond donors (Lipinski definition) is 0. The lowest BCUT2D eigenvalue weighted by atomic mass is 9.77. The van der Waals surface area contributed by atoms with E-state index in [0.717, 1.165) is 12.2 Å². The number of ether oxygens (including phenoxy) is 1. The summed E-state index contributed by atoms with van der Waals surface area (Å²) in [5.41, 5.74) is 2.34. The summed E-state index contributed by atoms with van der Waals surface area (Å²) in [4.78, 5) is 0. The van der Waals surface area contributed by atoms with Gasteiger partial charge in [0.1, 0.15) is 5.82 Å². The van der Waals surface area contributed by atoms with E-state index in [1.807, 2.05) is 10.8 Å². The average Bonchev–Trinajstić information content (AvgIpc) is 2.83. The molecule has 1 aliphatic rings. The molecule has 0 amide bonds. The van der Waals surface area contributed by atoms with Gasteiger partial charge in [-0.3, -0.25) is 4.57 Å². The fraction of sp³-hybridized carbons (Fsp3) is 0.333. The Morgan fingerprint density at radius 2 is 2.05 bits per heavy atom. The van der Waals surface area contributed by atoms with Gasteiger partial charge in [0.15, 0.2) is 0 Å². The van der Waals surface area contributed by atoms with E-state index in [1.165, 1.54) is 11.1 Å². The first-order valence-electron chi connectivity index (χ1n) is 6.48. The molecule has 2 heterocycles. The molecule has 4 heteroatoms. The Kier molecular flexibility index (Phi) is 2.66. The van der Waals surface area contributed by atoms with E-state index in [1.54, 1.807) is 7.11 Å². The summed E-state index contributed by atoms with van der Waals surface area (Å²) in [6, 6.07) is 8.96. The Balaban J connectivity index is 2.31. The SMILES string of the molecule is CCC1(C)c2ccccc2C=Cn2c(OC)nnc21. The molecule has 0 aliphatic carbocycles. The van der Waals surface area contributed by atoms with Gasteiger partial charge in [-0.1, -0.05) is 36.3 Å². The van der Waals surface area contributed by atoms with Crippen LogP contribution in [0, 0.1) is 0 Å². The van der Waals surface area contributed by atoms with Gasteiger partial charge in [-0.05, 0) is 30.5 Å². The fourth-order valence-electron chi connectivity index (χ4n) is 2.70. The van der Waals surface area contributed by atoms with Gasteiger partial charge < -0.3 is 4.74 Å². The van der Waals surface area contributed by atoms with E-state index < -0.39 is 0 Å². The number of rotatable bonds is 2. The summed E-state index contributed by atoms with van der Waals surface area (Å²) in [5, 5.41) is 8.46. The van der Waals surface area contributed by atoms with Gasteiger partial charge in [0.05, 0.1) is 12.5 Å². The Bertz CT molecular complexity index is 645. The first-order chi connectivity index (χ1) is 9.20. The highest BCUT2D eigenvalue weighted by molar-refractivity contribution is 5.68. The molecular formula is C15H17N3O. The van der Waals surface area contributed by atoms with Crippen molar-refractivity contribution in [3.05, 3.63) is 41.2 Å². The van der Waals surface area contributed by atoms with E-state index in [4.69, 9.17) is 4.74 Å². The highest BCUT2D eigenvalue weighted by atomic mass is 16.5. The van der Waals surface area contributed by atoms with Crippen molar-refractivity contribution in [3.8, 4) is 6.01 Å². The maximum atomic E-state index is 5.28. The van der Waals surface area contributed by atoms with Crippen LogP contribution in [0.25, 0.3) is 12.3 Å². The maximum absolute atomic E-state index is 5.28. The second-order valence-electron chi connectivity index (χ2n) is 4.97. The smallest absolute Gasteiger partial charge is 0.320 e. The quantitative estimate of drug-likeness (QED) is 0.828. The van der Waals surface area contributed by atoms with E-state index in [2.05, 4.69) is 54.4 Å². The van der Waals surface area contributed by atoms with Gasteiger partial charge >= 0.3 is 6.01 Å². The summed E-state index contributed by atoms with van der Waals surface area (Å²) in [7, 11) is 1.62. The third-order valence-corrected chi connectivity index (χ3v) is 4.01. The Morgan fingerprint density at radius 3 is 2.79 bits per heavy atom. The summed E-state index contributed by atoms with van der Waals surface area (Å²) in [5.74, 6) is 0.924. The molecule has 1 aromatic carbocycles. The van der Waals surface area contributed by atoms with Crippen LogP contribution in [0.2, 0.25) is 0 Å². The topological polar surface area (TPSA) is 39.9 Å². The van der Waals surface area contributed by atoms with Gasteiger partial charge in [0.25, 0.3) is 0 Å². The minimum absolute atomic E-state index is 0.163. The Hall–Kier alpha value is -2.10. The van der Waals surface area contributed by atoms with Crippen LogP contribution in [-0.2, 0) is 5.41 Å². The largest absolute Gasteiger partial charge is 0.467 e. The first-order valence-corrected chi connectivity index (χ1v) is 6.48. The number of hydrogen-bond acceptors (Lipinski definition) is 3. The van der Waals surface area contributed by atoms with Crippen molar-refractivity contribution in [2.24, 2.45) is 0 Å². The zero-order chi connectivity index (χ0) is 13.5. The molecule has 1 aliphatic heterocycles. The lowest BCUT2D eigenvalue weighted by molar-refractivity contribution is 0.371. The predicted molar refractivity (Wildman–Crippen MR) is 75.0 cm³/mol. The van der Waals surface area contributed by atoms with Crippen molar-refractivity contribution in [3.63, 3.8) is 0 Å². The molecule has 1 aromatic heterocycles. The molecule has 0 saturated heterocycles. The average molecular weight is 255 g/mol. The highest BCUT2D eigenvalue weighted by Crippen LogP contribution is 2.39. The number of benzene rings is 1. The second kappa shape index (κ2) is 4.23. The molecule has 1 atom stereocenters. The summed E-state index contributed by atoms with van der Waals surface area (Å²) in [6.45, 7) is 4.38. The first kappa shape index (κ1) is 12.0.